The molecule has 1 rings (SSSR count). The van der Waals surface area contributed by atoms with Crippen molar-refractivity contribution in [1.82, 2.24) is 9.97 Å². The van der Waals surface area contributed by atoms with E-state index in [0.29, 0.717) is 12.7 Å². The highest BCUT2D eigenvalue weighted by atomic mass is 16.5. The van der Waals surface area contributed by atoms with Crippen LogP contribution in [-0.4, -0.2) is 22.7 Å². The maximum absolute atomic E-state index is 5.49. The van der Waals surface area contributed by atoms with Crippen molar-refractivity contribution >= 4 is 6.08 Å². The largest absolute Gasteiger partial charge is 0.374 e. The summed E-state index contributed by atoms with van der Waals surface area (Å²) in [5.74, 6) is 0. The highest BCUT2D eigenvalue weighted by Crippen LogP contribution is 1.99. The Morgan fingerprint density at radius 1 is 1.43 bits per heavy atom. The monoisotopic (exact) mass is 192 g/mol. The van der Waals surface area contributed by atoms with Gasteiger partial charge >= 0.3 is 0 Å². The van der Waals surface area contributed by atoms with Crippen molar-refractivity contribution in [3.63, 3.8) is 0 Å². The molecule has 0 aromatic carbocycles. The lowest BCUT2D eigenvalue weighted by Crippen LogP contribution is -2.05. The number of aromatic nitrogens is 2. The molecule has 1 aromatic rings. The van der Waals surface area contributed by atoms with Gasteiger partial charge in [0.1, 0.15) is 6.33 Å². The van der Waals surface area contributed by atoms with Gasteiger partial charge in [-0.2, -0.15) is 0 Å². The third-order valence-electron chi connectivity index (χ3n) is 1.94. The Bertz CT molecular complexity index is 272. The molecule has 0 N–H and O–H groups in total. The van der Waals surface area contributed by atoms with E-state index in [9.17, 15) is 0 Å². The normalized spacial score (nSPS) is 13.3. The molecule has 0 aliphatic rings. The van der Waals surface area contributed by atoms with Gasteiger partial charge in [-0.15, -0.1) is 0 Å². The minimum Gasteiger partial charge on any atom is -0.374 e. The molecule has 14 heavy (non-hydrogen) atoms. The molecule has 0 saturated heterocycles. The van der Waals surface area contributed by atoms with E-state index in [2.05, 4.69) is 23.8 Å². The van der Waals surface area contributed by atoms with Crippen molar-refractivity contribution < 1.29 is 4.74 Å². The number of nitrogens with zero attached hydrogens (tertiary/aromatic N) is 2. The zero-order valence-electron chi connectivity index (χ0n) is 8.68. The van der Waals surface area contributed by atoms with Gasteiger partial charge < -0.3 is 4.74 Å². The molecule has 0 spiro atoms. The zero-order chi connectivity index (χ0) is 10.2. The van der Waals surface area contributed by atoms with Crippen LogP contribution in [0.25, 0.3) is 6.08 Å². The molecular weight excluding hydrogens is 176 g/mol. The number of rotatable bonds is 5. The fourth-order valence-corrected chi connectivity index (χ4v) is 0.919. The molecule has 1 heterocycles. The topological polar surface area (TPSA) is 35.0 Å². The second-order valence-electron chi connectivity index (χ2n) is 3.13. The van der Waals surface area contributed by atoms with Gasteiger partial charge in [0.05, 0.1) is 12.7 Å². The van der Waals surface area contributed by atoms with Crippen LogP contribution in [0.4, 0.5) is 0 Å². The molecule has 0 fully saturated rings. The second-order valence-corrected chi connectivity index (χ2v) is 3.13. The first kappa shape index (κ1) is 10.9. The highest BCUT2D eigenvalue weighted by molar-refractivity contribution is 5.45. The van der Waals surface area contributed by atoms with E-state index < -0.39 is 0 Å². The van der Waals surface area contributed by atoms with Gasteiger partial charge in [0.25, 0.3) is 0 Å². The SMILES string of the molecule is CCC(C)OC/C=C/c1cncnc1. The lowest BCUT2D eigenvalue weighted by atomic mass is 10.3. The third-order valence-corrected chi connectivity index (χ3v) is 1.94. The molecule has 0 saturated carbocycles. The molecule has 76 valence electrons. The lowest BCUT2D eigenvalue weighted by Gasteiger charge is -2.06. The molecule has 3 heteroatoms. The Morgan fingerprint density at radius 3 is 2.79 bits per heavy atom. The molecule has 0 bridgehead atoms. The second kappa shape index (κ2) is 6.27. The summed E-state index contributed by atoms with van der Waals surface area (Å²) in [7, 11) is 0. The molecule has 1 unspecified atom stereocenters. The Hall–Kier alpha value is -1.22. The molecule has 3 nitrogen and oxygen atoms in total. The van der Waals surface area contributed by atoms with Gasteiger partial charge in [0.2, 0.25) is 0 Å². The fourth-order valence-electron chi connectivity index (χ4n) is 0.919. The van der Waals surface area contributed by atoms with Crippen molar-refractivity contribution in [3.05, 3.63) is 30.4 Å². The van der Waals surface area contributed by atoms with Crippen LogP contribution in [0.2, 0.25) is 0 Å². The van der Waals surface area contributed by atoms with Gasteiger partial charge in [-0.3, -0.25) is 0 Å². The van der Waals surface area contributed by atoms with Gasteiger partial charge in [0, 0.05) is 18.0 Å². The first-order valence-electron chi connectivity index (χ1n) is 4.86. The predicted octanol–water partition coefficient (Wildman–Crippen LogP) is 2.30. The summed E-state index contributed by atoms with van der Waals surface area (Å²) in [4.78, 5) is 7.82. The quantitative estimate of drug-likeness (QED) is 0.718. The zero-order valence-corrected chi connectivity index (χ0v) is 8.68. The fraction of sp³-hybridized carbons (Fsp3) is 0.455. The maximum atomic E-state index is 5.49. The van der Waals surface area contributed by atoms with Crippen LogP contribution in [0.1, 0.15) is 25.8 Å². The van der Waals surface area contributed by atoms with E-state index in [0.717, 1.165) is 12.0 Å². The molecule has 1 atom stereocenters. The highest BCUT2D eigenvalue weighted by Gasteiger charge is 1.94. The van der Waals surface area contributed by atoms with E-state index in [4.69, 9.17) is 4.74 Å². The maximum Gasteiger partial charge on any atom is 0.115 e. The standard InChI is InChI=1S/C11H16N2O/c1-3-10(2)14-6-4-5-11-7-12-9-13-8-11/h4-5,7-10H,3,6H2,1-2H3/b5-4+. The summed E-state index contributed by atoms with van der Waals surface area (Å²) in [6.45, 7) is 4.82. The third kappa shape index (κ3) is 4.14. The number of ether oxygens (including phenoxy) is 1. The summed E-state index contributed by atoms with van der Waals surface area (Å²) < 4.78 is 5.49. The minimum absolute atomic E-state index is 0.326. The summed E-state index contributed by atoms with van der Waals surface area (Å²) in [6.07, 6.45) is 10.4. The molecule has 1 aromatic heterocycles. The van der Waals surface area contributed by atoms with Crippen molar-refractivity contribution in [2.24, 2.45) is 0 Å². The average molecular weight is 192 g/mol. The molecule has 0 aliphatic heterocycles. The predicted molar refractivity (Wildman–Crippen MR) is 56.8 cm³/mol. The van der Waals surface area contributed by atoms with E-state index in [1.54, 1.807) is 12.4 Å². The van der Waals surface area contributed by atoms with Gasteiger partial charge in [-0.25, -0.2) is 9.97 Å². The van der Waals surface area contributed by atoms with Crippen molar-refractivity contribution in [2.75, 3.05) is 6.61 Å². The van der Waals surface area contributed by atoms with Gasteiger partial charge in [0.15, 0.2) is 0 Å². The van der Waals surface area contributed by atoms with Gasteiger partial charge in [-0.1, -0.05) is 19.1 Å². The van der Waals surface area contributed by atoms with Crippen LogP contribution in [0.5, 0.6) is 0 Å². The van der Waals surface area contributed by atoms with Crippen molar-refractivity contribution in [3.8, 4) is 0 Å². The molecule has 0 radical (unpaired) electrons. The average Bonchev–Trinajstić information content (AvgIpc) is 2.25. The first-order valence-corrected chi connectivity index (χ1v) is 4.86. The summed E-state index contributed by atoms with van der Waals surface area (Å²) in [6, 6.07) is 0. The Labute approximate surface area is 84.8 Å². The van der Waals surface area contributed by atoms with Gasteiger partial charge in [-0.05, 0) is 13.3 Å². The van der Waals surface area contributed by atoms with Crippen LogP contribution in [-0.2, 0) is 4.74 Å². The minimum atomic E-state index is 0.326. The Kier molecular flexibility index (Phi) is 4.86. The number of hydrogen-bond acceptors (Lipinski definition) is 3. The Balaban J connectivity index is 2.28. The van der Waals surface area contributed by atoms with Crippen molar-refractivity contribution in [1.29, 1.82) is 0 Å². The first-order chi connectivity index (χ1) is 6.83. The van der Waals surface area contributed by atoms with E-state index in [1.807, 2.05) is 12.2 Å². The smallest absolute Gasteiger partial charge is 0.115 e. The molecule has 0 aliphatic carbocycles. The van der Waals surface area contributed by atoms with Crippen LogP contribution in [0, 0.1) is 0 Å². The molecular formula is C11H16N2O. The number of hydrogen-bond donors (Lipinski definition) is 0. The molecule has 0 amide bonds. The van der Waals surface area contributed by atoms with Crippen LogP contribution in [0.3, 0.4) is 0 Å². The van der Waals surface area contributed by atoms with Crippen LogP contribution < -0.4 is 0 Å². The summed E-state index contributed by atoms with van der Waals surface area (Å²) >= 11 is 0. The summed E-state index contributed by atoms with van der Waals surface area (Å²) in [5, 5.41) is 0. The van der Waals surface area contributed by atoms with E-state index in [1.165, 1.54) is 6.33 Å². The van der Waals surface area contributed by atoms with Crippen LogP contribution >= 0.6 is 0 Å². The summed E-state index contributed by atoms with van der Waals surface area (Å²) in [5.41, 5.74) is 1.00. The van der Waals surface area contributed by atoms with E-state index in [-0.39, 0.29) is 0 Å². The van der Waals surface area contributed by atoms with Crippen molar-refractivity contribution in [2.45, 2.75) is 26.4 Å². The van der Waals surface area contributed by atoms with E-state index >= 15 is 0 Å². The lowest BCUT2D eigenvalue weighted by molar-refractivity contribution is 0.0860. The Morgan fingerprint density at radius 2 is 2.14 bits per heavy atom. The van der Waals surface area contributed by atoms with Crippen LogP contribution in [0.15, 0.2) is 24.8 Å².